The van der Waals surface area contributed by atoms with E-state index in [2.05, 4.69) is 5.32 Å². The Bertz CT molecular complexity index is 767. The molecule has 3 rings (SSSR count). The number of carbonyl (C=O) groups excluding carboxylic acids is 2. The SMILES string of the molecule is C[C@@H](C(=O)Nc1c(F)cccc1F)[NH+]1CCN(C(=O)c2ccco2)CC1. The average Bonchev–Trinajstić information content (AvgIpc) is 3.18. The fraction of sp³-hybridized carbons (Fsp3) is 0.333. The fourth-order valence-corrected chi connectivity index (χ4v) is 3.02. The summed E-state index contributed by atoms with van der Waals surface area (Å²) in [6, 6.07) is 6.19. The van der Waals surface area contributed by atoms with Crippen LogP contribution in [0.3, 0.4) is 0 Å². The van der Waals surface area contributed by atoms with E-state index in [-0.39, 0.29) is 11.7 Å². The molecule has 1 aromatic heterocycles. The van der Waals surface area contributed by atoms with E-state index in [1.165, 1.54) is 12.3 Å². The maximum absolute atomic E-state index is 13.7. The average molecular weight is 364 g/mol. The van der Waals surface area contributed by atoms with Crippen LogP contribution in [0.1, 0.15) is 17.5 Å². The van der Waals surface area contributed by atoms with Crippen molar-refractivity contribution in [2.75, 3.05) is 31.5 Å². The molecule has 1 aliphatic heterocycles. The number of nitrogens with one attached hydrogen (secondary N) is 2. The number of hydrogen-bond donors (Lipinski definition) is 2. The molecule has 1 atom stereocenters. The van der Waals surface area contributed by atoms with Crippen molar-refractivity contribution in [3.8, 4) is 0 Å². The van der Waals surface area contributed by atoms with Gasteiger partial charge in [-0.1, -0.05) is 6.07 Å². The van der Waals surface area contributed by atoms with Gasteiger partial charge in [-0.2, -0.15) is 0 Å². The molecule has 2 amide bonds. The van der Waals surface area contributed by atoms with Gasteiger partial charge in [-0.05, 0) is 31.2 Å². The summed E-state index contributed by atoms with van der Waals surface area (Å²) in [7, 11) is 0. The predicted molar refractivity (Wildman–Crippen MR) is 89.8 cm³/mol. The number of amides is 2. The molecule has 8 heteroatoms. The number of anilines is 1. The number of nitrogens with zero attached hydrogens (tertiary/aromatic N) is 1. The quantitative estimate of drug-likeness (QED) is 0.848. The van der Waals surface area contributed by atoms with Crippen molar-refractivity contribution in [3.63, 3.8) is 0 Å². The van der Waals surface area contributed by atoms with Crippen LogP contribution in [0.5, 0.6) is 0 Å². The van der Waals surface area contributed by atoms with E-state index < -0.39 is 29.3 Å². The van der Waals surface area contributed by atoms with Gasteiger partial charge in [0.15, 0.2) is 11.8 Å². The molecule has 0 aliphatic carbocycles. The number of para-hydroxylation sites is 1. The van der Waals surface area contributed by atoms with Gasteiger partial charge in [0.05, 0.1) is 32.4 Å². The van der Waals surface area contributed by atoms with Crippen molar-refractivity contribution in [2.45, 2.75) is 13.0 Å². The molecular formula is C18H20F2N3O3+. The van der Waals surface area contributed by atoms with Gasteiger partial charge < -0.3 is 19.5 Å². The second-order valence-corrected chi connectivity index (χ2v) is 6.24. The highest BCUT2D eigenvalue weighted by Gasteiger charge is 2.32. The standard InChI is InChI=1S/C18H19F2N3O3/c1-12(17(24)21-16-13(19)4-2-5-14(16)20)22-7-9-23(10-8-22)18(25)15-6-3-11-26-15/h2-6,11-12H,7-10H2,1H3,(H,21,24)/p+1/t12-/m0/s1. The molecular weight excluding hydrogens is 344 g/mol. The van der Waals surface area contributed by atoms with E-state index >= 15 is 0 Å². The number of benzene rings is 1. The number of carbonyl (C=O) groups is 2. The molecule has 26 heavy (non-hydrogen) atoms. The number of piperazine rings is 1. The van der Waals surface area contributed by atoms with Crippen LogP contribution in [-0.4, -0.2) is 48.9 Å². The van der Waals surface area contributed by atoms with Gasteiger partial charge in [0.25, 0.3) is 11.8 Å². The normalized spacial score (nSPS) is 16.3. The Balaban J connectivity index is 1.57. The molecule has 0 saturated carbocycles. The molecule has 0 radical (unpaired) electrons. The van der Waals surface area contributed by atoms with Crippen LogP contribution in [0, 0.1) is 11.6 Å². The lowest BCUT2D eigenvalue weighted by molar-refractivity contribution is -0.917. The smallest absolute Gasteiger partial charge is 0.289 e. The summed E-state index contributed by atoms with van der Waals surface area (Å²) in [6.45, 7) is 3.76. The molecule has 2 heterocycles. The monoisotopic (exact) mass is 364 g/mol. The van der Waals surface area contributed by atoms with Gasteiger partial charge in [-0.3, -0.25) is 9.59 Å². The van der Waals surface area contributed by atoms with Crippen LogP contribution in [0.4, 0.5) is 14.5 Å². The minimum absolute atomic E-state index is 0.181. The zero-order chi connectivity index (χ0) is 18.7. The van der Waals surface area contributed by atoms with Gasteiger partial charge in [-0.25, -0.2) is 8.78 Å². The van der Waals surface area contributed by atoms with E-state index in [4.69, 9.17) is 4.42 Å². The molecule has 1 fully saturated rings. The van der Waals surface area contributed by atoms with Crippen LogP contribution >= 0.6 is 0 Å². The second kappa shape index (κ2) is 7.65. The summed E-state index contributed by atoms with van der Waals surface area (Å²) in [5.74, 6) is -1.98. The lowest BCUT2D eigenvalue weighted by atomic mass is 10.2. The summed E-state index contributed by atoms with van der Waals surface area (Å²) in [5, 5.41) is 2.33. The highest BCUT2D eigenvalue weighted by atomic mass is 19.1. The van der Waals surface area contributed by atoms with Crippen molar-refractivity contribution in [1.29, 1.82) is 0 Å². The summed E-state index contributed by atoms with van der Waals surface area (Å²) >= 11 is 0. The summed E-state index contributed by atoms with van der Waals surface area (Å²) in [6.07, 6.45) is 1.45. The minimum atomic E-state index is -0.811. The number of quaternary nitrogens is 1. The Morgan fingerprint density at radius 2 is 1.81 bits per heavy atom. The van der Waals surface area contributed by atoms with Crippen LogP contribution < -0.4 is 10.2 Å². The van der Waals surface area contributed by atoms with Crippen molar-refractivity contribution in [2.24, 2.45) is 0 Å². The molecule has 0 bridgehead atoms. The first-order valence-corrected chi connectivity index (χ1v) is 8.39. The Hall–Kier alpha value is -2.74. The number of halogens is 2. The van der Waals surface area contributed by atoms with E-state index in [9.17, 15) is 18.4 Å². The predicted octanol–water partition coefficient (Wildman–Crippen LogP) is 0.926. The largest absolute Gasteiger partial charge is 0.459 e. The highest BCUT2D eigenvalue weighted by molar-refractivity contribution is 5.94. The van der Waals surface area contributed by atoms with Crippen LogP contribution in [0.2, 0.25) is 0 Å². The first-order chi connectivity index (χ1) is 12.5. The topological polar surface area (TPSA) is 67.0 Å². The molecule has 1 saturated heterocycles. The van der Waals surface area contributed by atoms with Gasteiger partial charge in [0.2, 0.25) is 0 Å². The van der Waals surface area contributed by atoms with Gasteiger partial charge in [0.1, 0.15) is 17.3 Å². The van der Waals surface area contributed by atoms with Crippen molar-refractivity contribution >= 4 is 17.5 Å². The summed E-state index contributed by atoms with van der Waals surface area (Å²) in [4.78, 5) is 27.2. The number of furan rings is 1. The van der Waals surface area contributed by atoms with Gasteiger partial charge in [0, 0.05) is 0 Å². The molecule has 138 valence electrons. The fourth-order valence-electron chi connectivity index (χ4n) is 3.02. The Labute approximate surface area is 149 Å². The number of rotatable bonds is 4. The highest BCUT2D eigenvalue weighted by Crippen LogP contribution is 2.17. The first kappa shape index (κ1) is 18.1. The molecule has 2 aromatic rings. The summed E-state index contributed by atoms with van der Waals surface area (Å²) < 4.78 is 32.5. The van der Waals surface area contributed by atoms with Crippen LogP contribution in [-0.2, 0) is 4.79 Å². The lowest BCUT2D eigenvalue weighted by Gasteiger charge is -2.34. The van der Waals surface area contributed by atoms with Gasteiger partial charge >= 0.3 is 0 Å². The molecule has 0 unspecified atom stereocenters. The minimum Gasteiger partial charge on any atom is -0.459 e. The van der Waals surface area contributed by atoms with Gasteiger partial charge in [-0.15, -0.1) is 0 Å². The van der Waals surface area contributed by atoms with Crippen molar-refractivity contribution in [3.05, 3.63) is 54.0 Å². The van der Waals surface area contributed by atoms with E-state index in [0.29, 0.717) is 26.2 Å². The van der Waals surface area contributed by atoms with Crippen LogP contribution in [0.15, 0.2) is 41.0 Å². The number of hydrogen-bond acceptors (Lipinski definition) is 3. The van der Waals surface area contributed by atoms with E-state index in [1.54, 1.807) is 24.0 Å². The third-order valence-corrected chi connectivity index (χ3v) is 4.64. The zero-order valence-corrected chi connectivity index (χ0v) is 14.3. The van der Waals surface area contributed by atoms with Crippen molar-refractivity contribution in [1.82, 2.24) is 4.90 Å². The van der Waals surface area contributed by atoms with Crippen LogP contribution in [0.25, 0.3) is 0 Å². The Morgan fingerprint density at radius 3 is 2.38 bits per heavy atom. The molecule has 1 aromatic carbocycles. The first-order valence-electron chi connectivity index (χ1n) is 8.39. The summed E-state index contributed by atoms with van der Waals surface area (Å²) in [5.41, 5.74) is -0.435. The second-order valence-electron chi connectivity index (χ2n) is 6.24. The molecule has 0 spiro atoms. The third kappa shape index (κ3) is 3.75. The maximum Gasteiger partial charge on any atom is 0.289 e. The Morgan fingerprint density at radius 1 is 1.15 bits per heavy atom. The zero-order valence-electron chi connectivity index (χ0n) is 14.3. The van der Waals surface area contributed by atoms with Crippen molar-refractivity contribution < 1.29 is 27.7 Å². The Kier molecular flexibility index (Phi) is 5.32. The third-order valence-electron chi connectivity index (χ3n) is 4.64. The lowest BCUT2D eigenvalue weighted by Crippen LogP contribution is -3.19. The molecule has 2 N–H and O–H groups in total. The molecule has 1 aliphatic rings. The van der Waals surface area contributed by atoms with E-state index in [1.807, 2.05) is 0 Å². The van der Waals surface area contributed by atoms with E-state index in [0.717, 1.165) is 17.0 Å². The maximum atomic E-state index is 13.7. The molecule has 6 nitrogen and oxygen atoms in total.